The van der Waals surface area contributed by atoms with Crippen molar-refractivity contribution in [3.05, 3.63) is 35.1 Å². The van der Waals surface area contributed by atoms with E-state index in [2.05, 4.69) is 11.8 Å². The zero-order chi connectivity index (χ0) is 15.1. The molecule has 0 unspecified atom stereocenters. The average molecular weight is 289 g/mol. The number of aliphatic hydroxyl groups excluding tert-OH is 1. The van der Waals surface area contributed by atoms with Crippen LogP contribution in [-0.4, -0.2) is 29.1 Å². The highest BCUT2D eigenvalue weighted by Gasteiger charge is 2.16. The number of nitrogens with zero attached hydrogens (tertiary/aromatic N) is 1. The van der Waals surface area contributed by atoms with Crippen LogP contribution in [-0.2, 0) is 11.3 Å². The fraction of sp³-hybridized carbons (Fsp3) is 0.471. The second-order valence-corrected chi connectivity index (χ2v) is 5.25. The van der Waals surface area contributed by atoms with E-state index in [-0.39, 0.29) is 18.1 Å². The molecule has 4 heteroatoms. The monoisotopic (exact) mass is 289 g/mol. The Bertz CT molecular complexity index is 560. The number of halogens is 1. The first-order valence-electron chi connectivity index (χ1n) is 7.36. The number of aliphatic hydroxyl groups is 1. The molecule has 0 radical (unpaired) electrons. The number of likely N-dealkylation sites (tertiary alicyclic amines) is 1. The Hall–Kier alpha value is -1.86. The lowest BCUT2D eigenvalue weighted by molar-refractivity contribution is -0.132. The Labute approximate surface area is 124 Å². The van der Waals surface area contributed by atoms with Gasteiger partial charge in [0.15, 0.2) is 0 Å². The van der Waals surface area contributed by atoms with Crippen LogP contribution in [0, 0.1) is 17.7 Å². The molecule has 0 atom stereocenters. The first-order chi connectivity index (χ1) is 10.2. The predicted octanol–water partition coefficient (Wildman–Crippen LogP) is 2.46. The molecule has 0 bridgehead atoms. The van der Waals surface area contributed by atoms with Crippen molar-refractivity contribution in [3.63, 3.8) is 0 Å². The molecule has 112 valence electrons. The molecule has 0 aliphatic carbocycles. The van der Waals surface area contributed by atoms with E-state index in [4.69, 9.17) is 5.11 Å². The van der Waals surface area contributed by atoms with Gasteiger partial charge in [-0.05, 0) is 30.5 Å². The summed E-state index contributed by atoms with van der Waals surface area (Å²) in [5.41, 5.74) is 1.13. The summed E-state index contributed by atoms with van der Waals surface area (Å²) >= 11 is 0. The third-order valence-corrected chi connectivity index (χ3v) is 3.63. The van der Waals surface area contributed by atoms with Crippen LogP contribution in [0.25, 0.3) is 0 Å². The zero-order valence-corrected chi connectivity index (χ0v) is 12.1. The van der Waals surface area contributed by atoms with Crippen LogP contribution >= 0.6 is 0 Å². The fourth-order valence-electron chi connectivity index (χ4n) is 2.50. The van der Waals surface area contributed by atoms with Gasteiger partial charge in [0.25, 0.3) is 0 Å². The first kappa shape index (κ1) is 15.5. The quantitative estimate of drug-likeness (QED) is 0.850. The van der Waals surface area contributed by atoms with Crippen molar-refractivity contribution >= 4 is 5.91 Å². The predicted molar refractivity (Wildman–Crippen MR) is 78.9 cm³/mol. The Kier molecular flexibility index (Phi) is 5.77. The first-order valence-corrected chi connectivity index (χ1v) is 7.36. The SMILES string of the molecule is O=C1CCCCCCN1Cc1ccc(F)c(C#CCO)c1. The lowest BCUT2D eigenvalue weighted by Crippen LogP contribution is -2.32. The van der Waals surface area contributed by atoms with Gasteiger partial charge in [-0.1, -0.05) is 30.7 Å². The van der Waals surface area contributed by atoms with Gasteiger partial charge in [-0.15, -0.1) is 0 Å². The van der Waals surface area contributed by atoms with Gasteiger partial charge in [-0.25, -0.2) is 4.39 Å². The Morgan fingerprint density at radius 3 is 2.86 bits per heavy atom. The van der Waals surface area contributed by atoms with E-state index in [1.165, 1.54) is 6.07 Å². The number of rotatable bonds is 2. The van der Waals surface area contributed by atoms with Crippen molar-refractivity contribution < 1.29 is 14.3 Å². The van der Waals surface area contributed by atoms with Crippen LogP contribution in [0.4, 0.5) is 4.39 Å². The summed E-state index contributed by atoms with van der Waals surface area (Å²) in [4.78, 5) is 13.9. The van der Waals surface area contributed by atoms with Gasteiger partial charge in [0, 0.05) is 19.5 Å². The van der Waals surface area contributed by atoms with Gasteiger partial charge in [-0.3, -0.25) is 4.79 Å². The minimum absolute atomic E-state index is 0.169. The maximum atomic E-state index is 13.6. The van der Waals surface area contributed by atoms with Crippen molar-refractivity contribution in [2.24, 2.45) is 0 Å². The summed E-state index contributed by atoms with van der Waals surface area (Å²) in [5.74, 6) is 4.81. The largest absolute Gasteiger partial charge is 0.384 e. The number of carbonyl (C=O) groups excluding carboxylic acids is 1. The van der Waals surface area contributed by atoms with Crippen molar-refractivity contribution in [2.45, 2.75) is 38.6 Å². The molecular weight excluding hydrogens is 269 g/mol. The topological polar surface area (TPSA) is 40.5 Å². The van der Waals surface area contributed by atoms with Gasteiger partial charge in [0.05, 0.1) is 5.56 Å². The number of hydrogen-bond donors (Lipinski definition) is 1. The van der Waals surface area contributed by atoms with Gasteiger partial charge in [0.1, 0.15) is 12.4 Å². The second kappa shape index (κ2) is 7.80. The van der Waals surface area contributed by atoms with Gasteiger partial charge in [0.2, 0.25) is 5.91 Å². The molecule has 0 spiro atoms. The van der Waals surface area contributed by atoms with Gasteiger partial charge >= 0.3 is 0 Å². The minimum Gasteiger partial charge on any atom is -0.384 e. The van der Waals surface area contributed by atoms with Gasteiger partial charge < -0.3 is 10.0 Å². The van der Waals surface area contributed by atoms with E-state index in [1.54, 1.807) is 12.1 Å². The van der Waals surface area contributed by atoms with Crippen LogP contribution in [0.1, 0.15) is 43.2 Å². The van der Waals surface area contributed by atoms with Crippen LogP contribution < -0.4 is 0 Å². The average Bonchev–Trinajstić information content (AvgIpc) is 2.47. The smallest absolute Gasteiger partial charge is 0.222 e. The molecule has 1 aliphatic heterocycles. The molecule has 1 aromatic rings. The van der Waals surface area contributed by atoms with Crippen molar-refractivity contribution in [1.29, 1.82) is 0 Å². The molecule has 1 aromatic carbocycles. The van der Waals surface area contributed by atoms with Crippen LogP contribution in [0.3, 0.4) is 0 Å². The standard InChI is InChI=1S/C17H20FNO2/c18-16-9-8-14(12-15(16)6-5-11-20)13-19-10-4-2-1-3-7-17(19)21/h8-9,12,20H,1-4,7,10-11,13H2. The van der Waals surface area contributed by atoms with E-state index in [9.17, 15) is 9.18 Å². The van der Waals surface area contributed by atoms with Gasteiger partial charge in [-0.2, -0.15) is 0 Å². The van der Waals surface area contributed by atoms with E-state index < -0.39 is 5.82 Å². The van der Waals surface area contributed by atoms with E-state index >= 15 is 0 Å². The van der Waals surface area contributed by atoms with Crippen LogP contribution in [0.5, 0.6) is 0 Å². The molecule has 0 aromatic heterocycles. The number of benzene rings is 1. The Balaban J connectivity index is 2.12. The lowest BCUT2D eigenvalue weighted by Gasteiger charge is -2.25. The summed E-state index contributed by atoms with van der Waals surface area (Å²) in [7, 11) is 0. The molecule has 21 heavy (non-hydrogen) atoms. The second-order valence-electron chi connectivity index (χ2n) is 5.25. The van der Waals surface area contributed by atoms with E-state index in [0.29, 0.717) is 13.0 Å². The maximum absolute atomic E-state index is 13.6. The highest BCUT2D eigenvalue weighted by Crippen LogP contribution is 2.16. The van der Waals surface area contributed by atoms with Crippen LogP contribution in [0.2, 0.25) is 0 Å². The zero-order valence-electron chi connectivity index (χ0n) is 12.1. The highest BCUT2D eigenvalue weighted by molar-refractivity contribution is 5.76. The molecule has 2 rings (SSSR count). The van der Waals surface area contributed by atoms with Crippen molar-refractivity contribution in [3.8, 4) is 11.8 Å². The summed E-state index contributed by atoms with van der Waals surface area (Å²) in [6.07, 6.45) is 4.84. The summed E-state index contributed by atoms with van der Waals surface area (Å²) in [6.45, 7) is 0.953. The van der Waals surface area contributed by atoms with E-state index in [0.717, 1.165) is 37.8 Å². The van der Waals surface area contributed by atoms with E-state index in [1.807, 2.05) is 4.90 Å². The molecule has 1 N–H and O–H groups in total. The van der Waals surface area contributed by atoms with Crippen molar-refractivity contribution in [1.82, 2.24) is 4.90 Å². The van der Waals surface area contributed by atoms with Crippen LogP contribution in [0.15, 0.2) is 18.2 Å². The number of hydrogen-bond acceptors (Lipinski definition) is 2. The number of amides is 1. The maximum Gasteiger partial charge on any atom is 0.222 e. The summed E-state index contributed by atoms with van der Waals surface area (Å²) in [5, 5.41) is 8.69. The third-order valence-electron chi connectivity index (χ3n) is 3.63. The Morgan fingerprint density at radius 2 is 2.05 bits per heavy atom. The highest BCUT2D eigenvalue weighted by atomic mass is 19.1. The molecule has 1 saturated heterocycles. The molecule has 1 aliphatic rings. The lowest BCUT2D eigenvalue weighted by atomic mass is 10.1. The summed E-state index contributed by atoms with van der Waals surface area (Å²) < 4.78 is 13.6. The fourth-order valence-corrected chi connectivity index (χ4v) is 2.50. The Morgan fingerprint density at radius 1 is 1.24 bits per heavy atom. The summed E-state index contributed by atoms with van der Waals surface area (Å²) in [6, 6.07) is 4.71. The minimum atomic E-state index is -0.404. The molecule has 1 fully saturated rings. The molecular formula is C17H20FNO2. The third kappa shape index (κ3) is 4.57. The normalized spacial score (nSPS) is 15.9. The number of carbonyl (C=O) groups is 1. The molecule has 0 saturated carbocycles. The molecule has 1 heterocycles. The molecule has 1 amide bonds. The van der Waals surface area contributed by atoms with Crippen molar-refractivity contribution in [2.75, 3.05) is 13.2 Å². The molecule has 3 nitrogen and oxygen atoms in total.